The predicted octanol–water partition coefficient (Wildman–Crippen LogP) is 3.71. The molecule has 0 amide bonds. The molecule has 0 aromatic heterocycles. The summed E-state index contributed by atoms with van der Waals surface area (Å²) in [5, 5.41) is 3.45. The number of likely N-dealkylation sites (N-methyl/N-ethyl adjacent to an activating group) is 1. The standard InChI is InChI=1S/C19H24N2/c1-15(21(2)19-12-13-20-14-19)16-8-10-18(11-9-16)17-6-4-3-5-7-17/h3-11,15,19-20H,12-14H2,1-2H3. The number of hydrogen-bond donors (Lipinski definition) is 1. The highest BCUT2D eigenvalue weighted by Crippen LogP contribution is 2.26. The first-order valence-corrected chi connectivity index (χ1v) is 7.84. The summed E-state index contributed by atoms with van der Waals surface area (Å²) in [5.41, 5.74) is 3.96. The number of rotatable bonds is 4. The van der Waals surface area contributed by atoms with Gasteiger partial charge in [-0.1, -0.05) is 54.6 Å². The molecular weight excluding hydrogens is 256 g/mol. The van der Waals surface area contributed by atoms with Crippen LogP contribution in [0.2, 0.25) is 0 Å². The van der Waals surface area contributed by atoms with E-state index in [-0.39, 0.29) is 0 Å². The van der Waals surface area contributed by atoms with Gasteiger partial charge in [-0.2, -0.15) is 0 Å². The van der Waals surface area contributed by atoms with E-state index in [4.69, 9.17) is 0 Å². The minimum Gasteiger partial charge on any atom is -0.315 e. The van der Waals surface area contributed by atoms with E-state index in [9.17, 15) is 0 Å². The molecule has 1 aliphatic rings. The van der Waals surface area contributed by atoms with Crippen molar-refractivity contribution < 1.29 is 0 Å². The second-order valence-corrected chi connectivity index (χ2v) is 5.98. The van der Waals surface area contributed by atoms with Crippen LogP contribution >= 0.6 is 0 Å². The quantitative estimate of drug-likeness (QED) is 0.918. The molecule has 1 saturated heterocycles. The predicted molar refractivity (Wildman–Crippen MR) is 89.3 cm³/mol. The maximum Gasteiger partial charge on any atom is 0.0320 e. The van der Waals surface area contributed by atoms with Gasteiger partial charge in [-0.05, 0) is 43.6 Å². The van der Waals surface area contributed by atoms with Crippen LogP contribution in [0.25, 0.3) is 11.1 Å². The van der Waals surface area contributed by atoms with Crippen LogP contribution in [0.5, 0.6) is 0 Å². The van der Waals surface area contributed by atoms with Gasteiger partial charge in [0.15, 0.2) is 0 Å². The first kappa shape index (κ1) is 14.3. The van der Waals surface area contributed by atoms with Gasteiger partial charge < -0.3 is 5.32 Å². The van der Waals surface area contributed by atoms with Crippen LogP contribution in [-0.2, 0) is 0 Å². The summed E-state index contributed by atoms with van der Waals surface area (Å²) in [6.45, 7) is 4.56. The third-order valence-corrected chi connectivity index (χ3v) is 4.72. The van der Waals surface area contributed by atoms with E-state index >= 15 is 0 Å². The van der Waals surface area contributed by atoms with Crippen molar-refractivity contribution in [2.45, 2.75) is 25.4 Å². The third-order valence-electron chi connectivity index (χ3n) is 4.72. The number of hydrogen-bond acceptors (Lipinski definition) is 2. The summed E-state index contributed by atoms with van der Waals surface area (Å²) in [4.78, 5) is 2.50. The largest absolute Gasteiger partial charge is 0.315 e. The summed E-state index contributed by atoms with van der Waals surface area (Å²) in [7, 11) is 2.24. The first-order chi connectivity index (χ1) is 10.3. The van der Waals surface area contributed by atoms with E-state index in [0.717, 1.165) is 13.1 Å². The Hall–Kier alpha value is -1.64. The number of benzene rings is 2. The summed E-state index contributed by atoms with van der Waals surface area (Å²) in [6.07, 6.45) is 1.25. The van der Waals surface area contributed by atoms with Crippen LogP contribution in [0.15, 0.2) is 54.6 Å². The third kappa shape index (κ3) is 3.17. The van der Waals surface area contributed by atoms with Crippen LogP contribution in [0.3, 0.4) is 0 Å². The fourth-order valence-corrected chi connectivity index (χ4v) is 3.12. The molecule has 110 valence electrons. The van der Waals surface area contributed by atoms with Crippen LogP contribution < -0.4 is 5.32 Å². The van der Waals surface area contributed by atoms with Gasteiger partial charge in [0.2, 0.25) is 0 Å². The summed E-state index contributed by atoms with van der Waals surface area (Å²) in [6, 6.07) is 20.7. The molecule has 2 atom stereocenters. The van der Waals surface area contributed by atoms with Crippen LogP contribution in [0.4, 0.5) is 0 Å². The number of nitrogens with zero attached hydrogens (tertiary/aromatic N) is 1. The maximum atomic E-state index is 3.45. The van der Waals surface area contributed by atoms with E-state index in [1.165, 1.54) is 23.1 Å². The van der Waals surface area contributed by atoms with Crippen LogP contribution in [0.1, 0.15) is 24.9 Å². The molecule has 0 bridgehead atoms. The second-order valence-electron chi connectivity index (χ2n) is 5.98. The van der Waals surface area contributed by atoms with Gasteiger partial charge in [-0.15, -0.1) is 0 Å². The van der Waals surface area contributed by atoms with Crippen molar-refractivity contribution in [2.75, 3.05) is 20.1 Å². The monoisotopic (exact) mass is 280 g/mol. The molecule has 0 aliphatic carbocycles. The Balaban J connectivity index is 1.74. The fourth-order valence-electron chi connectivity index (χ4n) is 3.12. The van der Waals surface area contributed by atoms with Gasteiger partial charge in [0.1, 0.15) is 0 Å². The fraction of sp³-hybridized carbons (Fsp3) is 0.368. The second kappa shape index (κ2) is 6.42. The molecule has 21 heavy (non-hydrogen) atoms. The molecule has 1 fully saturated rings. The summed E-state index contributed by atoms with van der Waals surface area (Å²) in [5.74, 6) is 0. The van der Waals surface area contributed by atoms with Crippen molar-refractivity contribution in [1.29, 1.82) is 0 Å². The van der Waals surface area contributed by atoms with Crippen molar-refractivity contribution in [3.8, 4) is 11.1 Å². The molecule has 1 heterocycles. The van der Waals surface area contributed by atoms with E-state index in [0.29, 0.717) is 12.1 Å². The Morgan fingerprint density at radius 1 is 1.00 bits per heavy atom. The zero-order chi connectivity index (χ0) is 14.7. The lowest BCUT2D eigenvalue weighted by atomic mass is 10.00. The zero-order valence-electron chi connectivity index (χ0n) is 12.9. The average Bonchev–Trinajstić information content (AvgIpc) is 3.09. The SMILES string of the molecule is CC(c1ccc(-c2ccccc2)cc1)N(C)C1CCNC1. The zero-order valence-corrected chi connectivity index (χ0v) is 12.9. The Morgan fingerprint density at radius 2 is 1.67 bits per heavy atom. The molecule has 1 N–H and O–H groups in total. The van der Waals surface area contributed by atoms with E-state index in [1.54, 1.807) is 0 Å². The lowest BCUT2D eigenvalue weighted by molar-refractivity contribution is 0.197. The van der Waals surface area contributed by atoms with Gasteiger partial charge in [0.25, 0.3) is 0 Å². The Bertz CT molecular complexity index is 556. The molecule has 1 aliphatic heterocycles. The topological polar surface area (TPSA) is 15.3 Å². The van der Waals surface area contributed by atoms with Crippen molar-refractivity contribution >= 4 is 0 Å². The van der Waals surface area contributed by atoms with E-state index < -0.39 is 0 Å². The normalized spacial score (nSPS) is 19.9. The lowest BCUT2D eigenvalue weighted by Gasteiger charge is -2.30. The molecule has 0 saturated carbocycles. The summed E-state index contributed by atoms with van der Waals surface area (Å²) < 4.78 is 0. The maximum absolute atomic E-state index is 3.45. The lowest BCUT2D eigenvalue weighted by Crippen LogP contribution is -2.35. The highest BCUT2D eigenvalue weighted by atomic mass is 15.2. The molecule has 0 radical (unpaired) electrons. The van der Waals surface area contributed by atoms with E-state index in [2.05, 4.69) is 78.8 Å². The van der Waals surface area contributed by atoms with Crippen molar-refractivity contribution in [3.63, 3.8) is 0 Å². The highest BCUT2D eigenvalue weighted by Gasteiger charge is 2.23. The van der Waals surface area contributed by atoms with Gasteiger partial charge in [0, 0.05) is 18.6 Å². The molecular formula is C19H24N2. The van der Waals surface area contributed by atoms with Gasteiger partial charge in [0.05, 0.1) is 0 Å². The molecule has 3 rings (SSSR count). The molecule has 2 unspecified atom stereocenters. The molecule has 2 aromatic rings. The minimum absolute atomic E-state index is 0.458. The Kier molecular flexibility index (Phi) is 4.37. The van der Waals surface area contributed by atoms with Crippen molar-refractivity contribution in [1.82, 2.24) is 10.2 Å². The molecule has 2 nitrogen and oxygen atoms in total. The number of nitrogens with one attached hydrogen (secondary N) is 1. The first-order valence-electron chi connectivity index (χ1n) is 7.84. The van der Waals surface area contributed by atoms with Gasteiger partial charge >= 0.3 is 0 Å². The van der Waals surface area contributed by atoms with E-state index in [1.807, 2.05) is 0 Å². The Morgan fingerprint density at radius 3 is 2.29 bits per heavy atom. The molecule has 2 heteroatoms. The molecule has 2 aromatic carbocycles. The van der Waals surface area contributed by atoms with Gasteiger partial charge in [-0.3, -0.25) is 4.90 Å². The highest BCUT2D eigenvalue weighted by molar-refractivity contribution is 5.63. The van der Waals surface area contributed by atoms with Crippen molar-refractivity contribution in [3.05, 3.63) is 60.2 Å². The minimum atomic E-state index is 0.458. The van der Waals surface area contributed by atoms with Crippen LogP contribution in [-0.4, -0.2) is 31.1 Å². The average molecular weight is 280 g/mol. The van der Waals surface area contributed by atoms with Crippen LogP contribution in [0, 0.1) is 0 Å². The smallest absolute Gasteiger partial charge is 0.0320 e. The Labute approximate surface area is 127 Å². The molecule has 0 spiro atoms. The van der Waals surface area contributed by atoms with Crippen molar-refractivity contribution in [2.24, 2.45) is 0 Å². The van der Waals surface area contributed by atoms with Gasteiger partial charge in [-0.25, -0.2) is 0 Å². The summed E-state index contributed by atoms with van der Waals surface area (Å²) >= 11 is 0.